The number of rotatable bonds is 8. The molecule has 1 heterocycles. The lowest BCUT2D eigenvalue weighted by Gasteiger charge is -2.08. The summed E-state index contributed by atoms with van der Waals surface area (Å²) in [5.74, 6) is 0.869. The Bertz CT molecular complexity index is 471. The van der Waals surface area contributed by atoms with Gasteiger partial charge in [-0.1, -0.05) is 13.8 Å². The van der Waals surface area contributed by atoms with Gasteiger partial charge in [-0.2, -0.15) is 0 Å². The molecule has 6 nitrogen and oxygen atoms in total. The molecule has 0 spiro atoms. The first kappa shape index (κ1) is 15.9. The van der Waals surface area contributed by atoms with Gasteiger partial charge in [0, 0.05) is 19.3 Å². The second-order valence-electron chi connectivity index (χ2n) is 4.61. The number of nitrogens with zero attached hydrogens (tertiary/aromatic N) is 1. The number of anilines is 1. The number of hydrogen-bond donors (Lipinski definition) is 2. The van der Waals surface area contributed by atoms with Gasteiger partial charge < -0.3 is 10.5 Å². The third-order valence-electron chi connectivity index (χ3n) is 2.45. The molecule has 108 valence electrons. The second-order valence-corrected chi connectivity index (χ2v) is 6.38. The van der Waals surface area contributed by atoms with Crippen LogP contribution in [-0.4, -0.2) is 33.2 Å². The van der Waals surface area contributed by atoms with Crippen LogP contribution < -0.4 is 10.5 Å². The summed E-state index contributed by atoms with van der Waals surface area (Å²) >= 11 is 0. The molecule has 0 saturated carbocycles. The Morgan fingerprint density at radius 1 is 1.37 bits per heavy atom. The number of nitrogen functional groups attached to an aromatic ring is 1. The summed E-state index contributed by atoms with van der Waals surface area (Å²) in [6, 6.07) is 2.87. The summed E-state index contributed by atoms with van der Waals surface area (Å²) in [4.78, 5) is 3.85. The van der Waals surface area contributed by atoms with Crippen LogP contribution in [0.2, 0.25) is 0 Å². The van der Waals surface area contributed by atoms with Crippen LogP contribution >= 0.6 is 0 Å². The van der Waals surface area contributed by atoms with E-state index >= 15 is 0 Å². The average Bonchev–Trinajstić information content (AvgIpc) is 2.34. The highest BCUT2D eigenvalue weighted by Gasteiger charge is 2.13. The maximum atomic E-state index is 11.8. The zero-order chi connectivity index (χ0) is 14.3. The van der Waals surface area contributed by atoms with Gasteiger partial charge >= 0.3 is 0 Å². The van der Waals surface area contributed by atoms with Crippen LogP contribution in [-0.2, 0) is 14.8 Å². The molecule has 0 aliphatic carbocycles. The van der Waals surface area contributed by atoms with Gasteiger partial charge in [0.05, 0.1) is 6.61 Å². The summed E-state index contributed by atoms with van der Waals surface area (Å²) in [6.07, 6.45) is 2.20. The van der Waals surface area contributed by atoms with E-state index in [1.807, 2.05) is 0 Å². The van der Waals surface area contributed by atoms with Gasteiger partial charge in [-0.15, -0.1) is 0 Å². The fraction of sp³-hybridized carbons (Fsp3) is 0.583. The number of pyridine rings is 1. The highest BCUT2D eigenvalue weighted by molar-refractivity contribution is 7.89. The minimum absolute atomic E-state index is 0.101. The summed E-state index contributed by atoms with van der Waals surface area (Å²) < 4.78 is 31.5. The molecule has 0 radical (unpaired) electrons. The summed E-state index contributed by atoms with van der Waals surface area (Å²) in [6.45, 7) is 5.46. The molecule has 1 aromatic heterocycles. The minimum Gasteiger partial charge on any atom is -0.384 e. The average molecular weight is 287 g/mol. The van der Waals surface area contributed by atoms with Crippen molar-refractivity contribution >= 4 is 15.8 Å². The Balaban J connectivity index is 2.33. The molecule has 3 N–H and O–H groups in total. The van der Waals surface area contributed by atoms with E-state index in [1.54, 1.807) is 0 Å². The molecule has 0 amide bonds. The molecule has 19 heavy (non-hydrogen) atoms. The molecular weight excluding hydrogens is 266 g/mol. The Kier molecular flexibility index (Phi) is 6.20. The maximum Gasteiger partial charge on any atom is 0.242 e. The van der Waals surface area contributed by atoms with Crippen molar-refractivity contribution in [2.45, 2.75) is 25.2 Å². The molecule has 0 saturated heterocycles. The lowest BCUT2D eigenvalue weighted by atomic mass is 10.1. The molecular formula is C12H21N3O3S. The maximum absolute atomic E-state index is 11.8. The van der Waals surface area contributed by atoms with Crippen molar-refractivity contribution < 1.29 is 13.2 Å². The van der Waals surface area contributed by atoms with Crippen LogP contribution in [0.5, 0.6) is 0 Å². The number of aromatic nitrogens is 1. The summed E-state index contributed by atoms with van der Waals surface area (Å²) in [5.41, 5.74) is 5.40. The predicted molar refractivity (Wildman–Crippen MR) is 74.1 cm³/mol. The van der Waals surface area contributed by atoms with E-state index in [0.717, 1.165) is 6.42 Å². The third kappa shape index (κ3) is 6.00. The number of sulfonamides is 1. The van der Waals surface area contributed by atoms with Gasteiger partial charge in [-0.25, -0.2) is 18.1 Å². The Hall–Kier alpha value is -1.18. The van der Waals surface area contributed by atoms with Crippen LogP contribution in [0.15, 0.2) is 23.2 Å². The first-order chi connectivity index (χ1) is 8.92. The van der Waals surface area contributed by atoms with E-state index < -0.39 is 10.0 Å². The SMILES string of the molecule is CC(C)CCOCCNS(=O)(=O)c1ccc(N)nc1. The van der Waals surface area contributed by atoms with Crippen LogP contribution in [0.25, 0.3) is 0 Å². The van der Waals surface area contributed by atoms with Gasteiger partial charge in [0.25, 0.3) is 0 Å². The van der Waals surface area contributed by atoms with Crippen LogP contribution in [0.4, 0.5) is 5.82 Å². The number of nitrogens with two attached hydrogens (primary N) is 1. The molecule has 0 aromatic carbocycles. The lowest BCUT2D eigenvalue weighted by molar-refractivity contribution is 0.128. The van der Waals surface area contributed by atoms with Crippen molar-refractivity contribution in [1.82, 2.24) is 9.71 Å². The zero-order valence-corrected chi connectivity index (χ0v) is 12.1. The van der Waals surface area contributed by atoms with Gasteiger partial charge in [-0.05, 0) is 24.5 Å². The van der Waals surface area contributed by atoms with E-state index in [9.17, 15) is 8.42 Å². The first-order valence-corrected chi connectivity index (χ1v) is 7.69. The van der Waals surface area contributed by atoms with E-state index in [0.29, 0.717) is 19.1 Å². The van der Waals surface area contributed by atoms with Crippen molar-refractivity contribution in [2.24, 2.45) is 5.92 Å². The molecule has 0 aliphatic rings. The van der Waals surface area contributed by atoms with Crippen molar-refractivity contribution in [2.75, 3.05) is 25.5 Å². The molecule has 0 unspecified atom stereocenters. The molecule has 1 rings (SSSR count). The standard InChI is InChI=1S/C12H21N3O3S/c1-10(2)5-7-18-8-6-15-19(16,17)11-3-4-12(13)14-9-11/h3-4,9-10,15H,5-8H2,1-2H3,(H2,13,14). The molecule has 0 fully saturated rings. The smallest absolute Gasteiger partial charge is 0.242 e. The summed E-state index contributed by atoms with van der Waals surface area (Å²) in [5, 5.41) is 0. The van der Waals surface area contributed by atoms with Gasteiger partial charge in [-0.3, -0.25) is 0 Å². The highest BCUT2D eigenvalue weighted by Crippen LogP contribution is 2.08. The molecule has 0 aliphatic heterocycles. The topological polar surface area (TPSA) is 94.3 Å². The van der Waals surface area contributed by atoms with Gasteiger partial charge in [0.15, 0.2) is 0 Å². The van der Waals surface area contributed by atoms with Crippen molar-refractivity contribution in [3.05, 3.63) is 18.3 Å². The fourth-order valence-corrected chi connectivity index (χ4v) is 2.26. The first-order valence-electron chi connectivity index (χ1n) is 6.21. The zero-order valence-electron chi connectivity index (χ0n) is 11.3. The normalized spacial score (nSPS) is 11.9. The third-order valence-corrected chi connectivity index (χ3v) is 3.89. The molecule has 0 atom stereocenters. The minimum atomic E-state index is -3.53. The quantitative estimate of drug-likeness (QED) is 0.696. The predicted octanol–water partition coefficient (Wildman–Crippen LogP) is 1.00. The second kappa shape index (κ2) is 7.42. The largest absolute Gasteiger partial charge is 0.384 e. The van der Waals surface area contributed by atoms with E-state index in [4.69, 9.17) is 10.5 Å². The Morgan fingerprint density at radius 3 is 2.68 bits per heavy atom. The Labute approximate surface area is 114 Å². The number of hydrogen-bond acceptors (Lipinski definition) is 5. The highest BCUT2D eigenvalue weighted by atomic mass is 32.2. The van der Waals surface area contributed by atoms with Crippen LogP contribution in [0.1, 0.15) is 20.3 Å². The number of nitrogens with one attached hydrogen (secondary N) is 1. The number of ether oxygens (including phenoxy) is 1. The van der Waals surface area contributed by atoms with Crippen molar-refractivity contribution in [3.63, 3.8) is 0 Å². The van der Waals surface area contributed by atoms with E-state index in [2.05, 4.69) is 23.6 Å². The van der Waals surface area contributed by atoms with Crippen molar-refractivity contribution in [1.29, 1.82) is 0 Å². The van der Waals surface area contributed by atoms with E-state index in [-0.39, 0.29) is 17.3 Å². The monoisotopic (exact) mass is 287 g/mol. The Morgan fingerprint density at radius 2 is 2.11 bits per heavy atom. The molecule has 7 heteroatoms. The van der Waals surface area contributed by atoms with E-state index in [1.165, 1.54) is 18.3 Å². The van der Waals surface area contributed by atoms with Crippen molar-refractivity contribution in [3.8, 4) is 0 Å². The van der Waals surface area contributed by atoms with Gasteiger partial charge in [0.2, 0.25) is 10.0 Å². The molecule has 0 bridgehead atoms. The molecule has 1 aromatic rings. The lowest BCUT2D eigenvalue weighted by Crippen LogP contribution is -2.27. The fourth-order valence-electron chi connectivity index (χ4n) is 1.30. The van der Waals surface area contributed by atoms with Gasteiger partial charge in [0.1, 0.15) is 10.7 Å². The summed E-state index contributed by atoms with van der Waals surface area (Å²) in [7, 11) is -3.53. The van der Waals surface area contributed by atoms with Crippen LogP contribution in [0, 0.1) is 5.92 Å². The van der Waals surface area contributed by atoms with Crippen LogP contribution in [0.3, 0.4) is 0 Å².